The molecule has 0 fully saturated rings. The third-order valence-electron chi connectivity index (χ3n) is 2.98. The minimum atomic E-state index is -0.659. The molecule has 0 aliphatic rings. The summed E-state index contributed by atoms with van der Waals surface area (Å²) in [6.07, 6.45) is 0. The van der Waals surface area contributed by atoms with E-state index >= 15 is 0 Å². The molecule has 0 atom stereocenters. The molecular formula is C15H18F2N4. The van der Waals surface area contributed by atoms with Gasteiger partial charge in [0, 0.05) is 22.7 Å². The predicted octanol–water partition coefficient (Wildman–Crippen LogP) is 3.69. The van der Waals surface area contributed by atoms with E-state index in [0.29, 0.717) is 23.0 Å². The SMILES string of the molecule is Cc1c(N)nc(C(C)(C)C)nc1Nc1cc(F)cc(F)c1. The van der Waals surface area contributed by atoms with E-state index < -0.39 is 11.6 Å². The van der Waals surface area contributed by atoms with E-state index in [0.717, 1.165) is 6.07 Å². The van der Waals surface area contributed by atoms with Crippen LogP contribution >= 0.6 is 0 Å². The molecule has 0 spiro atoms. The minimum Gasteiger partial charge on any atom is -0.383 e. The highest BCUT2D eigenvalue weighted by molar-refractivity contribution is 5.63. The van der Waals surface area contributed by atoms with Gasteiger partial charge in [-0.05, 0) is 19.1 Å². The molecule has 3 N–H and O–H groups in total. The van der Waals surface area contributed by atoms with E-state index in [1.165, 1.54) is 12.1 Å². The largest absolute Gasteiger partial charge is 0.383 e. The van der Waals surface area contributed by atoms with Crippen molar-refractivity contribution in [2.75, 3.05) is 11.1 Å². The molecule has 1 aromatic carbocycles. The highest BCUT2D eigenvalue weighted by Gasteiger charge is 2.20. The first-order valence-corrected chi connectivity index (χ1v) is 6.54. The molecule has 0 saturated heterocycles. The van der Waals surface area contributed by atoms with Gasteiger partial charge in [0.25, 0.3) is 0 Å². The number of anilines is 3. The fraction of sp³-hybridized carbons (Fsp3) is 0.333. The molecule has 0 aliphatic carbocycles. The number of hydrogen-bond acceptors (Lipinski definition) is 4. The first kappa shape index (κ1) is 15.2. The van der Waals surface area contributed by atoms with Crippen molar-refractivity contribution in [3.05, 3.63) is 41.2 Å². The summed E-state index contributed by atoms with van der Waals surface area (Å²) in [7, 11) is 0. The van der Waals surface area contributed by atoms with Crippen LogP contribution in [0.15, 0.2) is 18.2 Å². The average molecular weight is 292 g/mol. The number of hydrogen-bond donors (Lipinski definition) is 2. The van der Waals surface area contributed by atoms with Crippen molar-refractivity contribution >= 4 is 17.3 Å². The maximum absolute atomic E-state index is 13.2. The molecule has 2 rings (SSSR count). The Bertz CT molecular complexity index is 658. The Kier molecular flexibility index (Phi) is 3.80. The number of nitrogens with zero attached hydrogens (tertiary/aromatic N) is 2. The second-order valence-electron chi connectivity index (χ2n) is 5.94. The fourth-order valence-electron chi connectivity index (χ4n) is 1.75. The smallest absolute Gasteiger partial charge is 0.139 e. The van der Waals surface area contributed by atoms with Gasteiger partial charge in [0.15, 0.2) is 0 Å². The maximum Gasteiger partial charge on any atom is 0.139 e. The molecule has 21 heavy (non-hydrogen) atoms. The topological polar surface area (TPSA) is 63.8 Å². The number of benzene rings is 1. The van der Waals surface area contributed by atoms with Gasteiger partial charge in [0.2, 0.25) is 0 Å². The molecule has 1 heterocycles. The molecule has 1 aromatic heterocycles. The van der Waals surface area contributed by atoms with E-state index in [1.807, 2.05) is 20.8 Å². The van der Waals surface area contributed by atoms with E-state index in [2.05, 4.69) is 15.3 Å². The molecule has 0 amide bonds. The molecule has 4 nitrogen and oxygen atoms in total. The summed E-state index contributed by atoms with van der Waals surface area (Å²) in [4.78, 5) is 8.67. The Morgan fingerprint density at radius 2 is 1.62 bits per heavy atom. The Labute approximate surface area is 122 Å². The summed E-state index contributed by atoms with van der Waals surface area (Å²) in [5, 5.41) is 2.90. The third kappa shape index (κ3) is 3.45. The van der Waals surface area contributed by atoms with Crippen molar-refractivity contribution < 1.29 is 8.78 Å². The lowest BCUT2D eigenvalue weighted by atomic mass is 9.95. The van der Waals surface area contributed by atoms with E-state index in [9.17, 15) is 8.78 Å². The Morgan fingerprint density at radius 1 is 1.05 bits per heavy atom. The van der Waals surface area contributed by atoms with Gasteiger partial charge in [-0.3, -0.25) is 0 Å². The summed E-state index contributed by atoms with van der Waals surface area (Å²) in [6.45, 7) is 7.63. The Morgan fingerprint density at radius 3 is 2.14 bits per heavy atom. The van der Waals surface area contributed by atoms with Crippen molar-refractivity contribution in [2.24, 2.45) is 0 Å². The molecule has 0 radical (unpaired) electrons. The lowest BCUT2D eigenvalue weighted by molar-refractivity contribution is 0.546. The van der Waals surface area contributed by atoms with Gasteiger partial charge >= 0.3 is 0 Å². The molecule has 2 aromatic rings. The lowest BCUT2D eigenvalue weighted by Gasteiger charge is -2.19. The van der Waals surface area contributed by atoms with Gasteiger partial charge in [-0.25, -0.2) is 18.7 Å². The molecule has 0 aliphatic heterocycles. The Balaban J connectivity index is 2.46. The molecular weight excluding hydrogens is 274 g/mol. The summed E-state index contributed by atoms with van der Waals surface area (Å²) in [6, 6.07) is 3.20. The van der Waals surface area contributed by atoms with Crippen LogP contribution in [0.2, 0.25) is 0 Å². The van der Waals surface area contributed by atoms with Crippen molar-refractivity contribution in [1.82, 2.24) is 9.97 Å². The lowest BCUT2D eigenvalue weighted by Crippen LogP contribution is -2.18. The standard InChI is InChI=1S/C15H18F2N4/c1-8-12(18)20-14(15(2,3)4)21-13(8)19-11-6-9(16)5-10(17)7-11/h5-7H,1-4H3,(H3,18,19,20,21). The van der Waals surface area contributed by atoms with Gasteiger partial charge in [0.05, 0.1) is 0 Å². The number of rotatable bonds is 2. The quantitative estimate of drug-likeness (QED) is 0.886. The van der Waals surface area contributed by atoms with Crippen LogP contribution in [0.4, 0.5) is 26.1 Å². The Hall–Kier alpha value is -2.24. The number of nitrogens with one attached hydrogen (secondary N) is 1. The van der Waals surface area contributed by atoms with Crippen LogP contribution in [0.25, 0.3) is 0 Å². The summed E-state index contributed by atoms with van der Waals surface area (Å²) >= 11 is 0. The summed E-state index contributed by atoms with van der Waals surface area (Å²) in [5.41, 5.74) is 6.51. The molecule has 0 bridgehead atoms. The van der Waals surface area contributed by atoms with Crippen molar-refractivity contribution in [3.8, 4) is 0 Å². The van der Waals surface area contributed by atoms with Crippen LogP contribution in [0.5, 0.6) is 0 Å². The normalized spacial score (nSPS) is 11.5. The van der Waals surface area contributed by atoms with E-state index in [4.69, 9.17) is 5.73 Å². The second kappa shape index (κ2) is 5.27. The van der Waals surface area contributed by atoms with E-state index in [-0.39, 0.29) is 11.1 Å². The fourth-order valence-corrected chi connectivity index (χ4v) is 1.75. The molecule has 112 valence electrons. The number of nitrogen functional groups attached to an aromatic ring is 1. The molecule has 6 heteroatoms. The van der Waals surface area contributed by atoms with Crippen LogP contribution < -0.4 is 11.1 Å². The zero-order chi connectivity index (χ0) is 15.8. The van der Waals surface area contributed by atoms with Gasteiger partial charge < -0.3 is 11.1 Å². The highest BCUT2D eigenvalue weighted by Crippen LogP contribution is 2.27. The monoisotopic (exact) mass is 292 g/mol. The number of halogens is 2. The van der Waals surface area contributed by atoms with Crippen LogP contribution in [-0.2, 0) is 5.41 Å². The number of nitrogens with two attached hydrogens (primary N) is 1. The average Bonchev–Trinajstić information content (AvgIpc) is 2.32. The molecule has 0 saturated carbocycles. The van der Waals surface area contributed by atoms with Gasteiger partial charge in [-0.1, -0.05) is 20.8 Å². The maximum atomic E-state index is 13.2. The highest BCUT2D eigenvalue weighted by atomic mass is 19.1. The van der Waals surface area contributed by atoms with Crippen LogP contribution in [0.1, 0.15) is 32.2 Å². The first-order valence-electron chi connectivity index (χ1n) is 6.54. The first-order chi connectivity index (χ1) is 9.66. The predicted molar refractivity (Wildman–Crippen MR) is 79.5 cm³/mol. The zero-order valence-corrected chi connectivity index (χ0v) is 12.5. The van der Waals surface area contributed by atoms with Crippen LogP contribution in [-0.4, -0.2) is 9.97 Å². The second-order valence-corrected chi connectivity index (χ2v) is 5.94. The number of aromatic nitrogens is 2. The summed E-state index contributed by atoms with van der Waals surface area (Å²) < 4.78 is 26.5. The van der Waals surface area contributed by atoms with Crippen molar-refractivity contribution in [1.29, 1.82) is 0 Å². The molecule has 0 unspecified atom stereocenters. The zero-order valence-electron chi connectivity index (χ0n) is 12.5. The van der Waals surface area contributed by atoms with Crippen molar-refractivity contribution in [3.63, 3.8) is 0 Å². The van der Waals surface area contributed by atoms with E-state index in [1.54, 1.807) is 6.92 Å². The van der Waals surface area contributed by atoms with Crippen LogP contribution in [0.3, 0.4) is 0 Å². The van der Waals surface area contributed by atoms with Gasteiger partial charge in [-0.15, -0.1) is 0 Å². The van der Waals surface area contributed by atoms with Gasteiger partial charge in [-0.2, -0.15) is 0 Å². The van der Waals surface area contributed by atoms with Crippen LogP contribution in [0, 0.1) is 18.6 Å². The van der Waals surface area contributed by atoms with Crippen molar-refractivity contribution in [2.45, 2.75) is 33.1 Å². The summed E-state index contributed by atoms with van der Waals surface area (Å²) in [5.74, 6) is 0.0261. The minimum absolute atomic E-state index is 0.272. The third-order valence-corrected chi connectivity index (χ3v) is 2.98. The van der Waals surface area contributed by atoms with Gasteiger partial charge in [0.1, 0.15) is 29.1 Å².